The molecule has 0 atom stereocenters. The van der Waals surface area contributed by atoms with Gasteiger partial charge in [0.2, 0.25) is 0 Å². The first-order chi connectivity index (χ1) is 10.1. The van der Waals surface area contributed by atoms with Gasteiger partial charge in [0.05, 0.1) is 21.3 Å². The van der Waals surface area contributed by atoms with E-state index < -0.39 is 0 Å². The van der Waals surface area contributed by atoms with E-state index in [0.717, 1.165) is 17.9 Å². The van der Waals surface area contributed by atoms with E-state index in [0.29, 0.717) is 33.5 Å². The molecule has 0 unspecified atom stereocenters. The summed E-state index contributed by atoms with van der Waals surface area (Å²) in [4.78, 5) is 0. The SMILES string of the molecule is Clc1cc(Cl)c(OCc2cc(CNC3CC3)co2)cc1Cl. The molecule has 1 fully saturated rings. The summed E-state index contributed by atoms with van der Waals surface area (Å²) in [5, 5.41) is 4.66. The highest BCUT2D eigenvalue weighted by Crippen LogP contribution is 2.34. The van der Waals surface area contributed by atoms with Gasteiger partial charge in [-0.15, -0.1) is 0 Å². The van der Waals surface area contributed by atoms with Crippen molar-refractivity contribution in [1.82, 2.24) is 5.32 Å². The third-order valence-electron chi connectivity index (χ3n) is 3.23. The number of furan rings is 1. The monoisotopic (exact) mass is 345 g/mol. The Morgan fingerprint density at radius 3 is 2.62 bits per heavy atom. The highest BCUT2D eigenvalue weighted by Gasteiger charge is 2.20. The fourth-order valence-electron chi connectivity index (χ4n) is 1.91. The number of nitrogens with one attached hydrogen (secondary N) is 1. The second kappa shape index (κ2) is 6.49. The maximum Gasteiger partial charge on any atom is 0.146 e. The molecular weight excluding hydrogens is 333 g/mol. The average Bonchev–Trinajstić information content (AvgIpc) is 3.18. The van der Waals surface area contributed by atoms with E-state index in [1.54, 1.807) is 18.4 Å². The van der Waals surface area contributed by atoms with Crippen LogP contribution in [-0.4, -0.2) is 6.04 Å². The molecule has 1 aliphatic carbocycles. The van der Waals surface area contributed by atoms with Gasteiger partial charge in [-0.1, -0.05) is 34.8 Å². The molecule has 3 rings (SSSR count). The Kier molecular flexibility index (Phi) is 4.65. The standard InChI is InChI=1S/C15H14Cl3NO2/c16-12-4-14(18)15(5-13(12)17)21-8-11-3-9(7-20-11)6-19-10-1-2-10/h3-5,7,10,19H,1-2,6,8H2. The largest absolute Gasteiger partial charge is 0.484 e. The summed E-state index contributed by atoms with van der Waals surface area (Å²) in [6, 6.07) is 5.81. The summed E-state index contributed by atoms with van der Waals surface area (Å²) in [6.45, 7) is 1.11. The van der Waals surface area contributed by atoms with E-state index >= 15 is 0 Å². The van der Waals surface area contributed by atoms with Crippen LogP contribution in [0, 0.1) is 0 Å². The highest BCUT2D eigenvalue weighted by molar-refractivity contribution is 6.43. The molecule has 1 N–H and O–H groups in total. The van der Waals surface area contributed by atoms with Crippen LogP contribution in [0.3, 0.4) is 0 Å². The number of ether oxygens (including phenoxy) is 1. The number of hydrogen-bond acceptors (Lipinski definition) is 3. The van der Waals surface area contributed by atoms with Gasteiger partial charge in [-0.05, 0) is 25.0 Å². The normalized spacial score (nSPS) is 14.4. The lowest BCUT2D eigenvalue weighted by Gasteiger charge is -2.07. The van der Waals surface area contributed by atoms with Gasteiger partial charge in [-0.2, -0.15) is 0 Å². The molecule has 2 aromatic rings. The van der Waals surface area contributed by atoms with Crippen LogP contribution in [0.4, 0.5) is 0 Å². The molecule has 21 heavy (non-hydrogen) atoms. The first kappa shape index (κ1) is 15.0. The van der Waals surface area contributed by atoms with Crippen molar-refractivity contribution in [2.75, 3.05) is 0 Å². The first-order valence-electron chi connectivity index (χ1n) is 6.69. The smallest absolute Gasteiger partial charge is 0.146 e. The van der Waals surface area contributed by atoms with E-state index in [-0.39, 0.29) is 0 Å². The predicted molar refractivity (Wildman–Crippen MR) is 84.4 cm³/mol. The Balaban J connectivity index is 1.58. The van der Waals surface area contributed by atoms with Crippen LogP contribution < -0.4 is 10.1 Å². The van der Waals surface area contributed by atoms with E-state index in [1.165, 1.54) is 12.8 Å². The molecular formula is C15H14Cl3NO2. The molecule has 3 nitrogen and oxygen atoms in total. The first-order valence-corrected chi connectivity index (χ1v) is 7.82. The van der Waals surface area contributed by atoms with Crippen LogP contribution >= 0.6 is 34.8 Å². The molecule has 1 heterocycles. The van der Waals surface area contributed by atoms with Crippen molar-refractivity contribution in [3.05, 3.63) is 50.9 Å². The van der Waals surface area contributed by atoms with Crippen molar-refractivity contribution < 1.29 is 9.15 Å². The Hall–Kier alpha value is -0.870. The minimum atomic E-state index is 0.293. The molecule has 1 saturated carbocycles. The second-order valence-electron chi connectivity index (χ2n) is 5.06. The molecule has 1 aliphatic rings. The summed E-state index contributed by atoms with van der Waals surface area (Å²) >= 11 is 17.9. The molecule has 1 aromatic heterocycles. The molecule has 112 valence electrons. The third-order valence-corrected chi connectivity index (χ3v) is 4.24. The van der Waals surface area contributed by atoms with Crippen LogP contribution in [0.1, 0.15) is 24.2 Å². The van der Waals surface area contributed by atoms with Crippen molar-refractivity contribution in [1.29, 1.82) is 0 Å². The van der Waals surface area contributed by atoms with Gasteiger partial charge in [-0.25, -0.2) is 0 Å². The van der Waals surface area contributed by atoms with Gasteiger partial charge in [-0.3, -0.25) is 0 Å². The number of halogens is 3. The van der Waals surface area contributed by atoms with E-state index in [4.69, 9.17) is 44.0 Å². The number of rotatable bonds is 6. The van der Waals surface area contributed by atoms with Crippen LogP contribution in [-0.2, 0) is 13.2 Å². The van der Waals surface area contributed by atoms with E-state index in [2.05, 4.69) is 5.32 Å². The van der Waals surface area contributed by atoms with Crippen molar-refractivity contribution in [2.24, 2.45) is 0 Å². The number of benzene rings is 1. The maximum absolute atomic E-state index is 6.06. The number of hydrogen-bond donors (Lipinski definition) is 1. The predicted octanol–water partition coefficient (Wildman–Crippen LogP) is 5.07. The summed E-state index contributed by atoms with van der Waals surface area (Å²) < 4.78 is 11.1. The van der Waals surface area contributed by atoms with Crippen molar-refractivity contribution >= 4 is 34.8 Å². The molecule has 0 saturated heterocycles. The van der Waals surface area contributed by atoms with Gasteiger partial charge in [0.1, 0.15) is 18.1 Å². The molecule has 1 aromatic carbocycles. The van der Waals surface area contributed by atoms with Crippen molar-refractivity contribution in [2.45, 2.75) is 32.0 Å². The van der Waals surface area contributed by atoms with Crippen LogP contribution in [0.2, 0.25) is 15.1 Å². The van der Waals surface area contributed by atoms with E-state index in [1.807, 2.05) is 6.07 Å². The fourth-order valence-corrected chi connectivity index (χ4v) is 2.50. The minimum Gasteiger partial charge on any atom is -0.484 e. The fraction of sp³-hybridized carbons (Fsp3) is 0.333. The van der Waals surface area contributed by atoms with E-state index in [9.17, 15) is 0 Å². The van der Waals surface area contributed by atoms with Gasteiger partial charge in [0, 0.05) is 24.2 Å². The van der Waals surface area contributed by atoms with Gasteiger partial charge >= 0.3 is 0 Å². The Labute approximate surface area is 138 Å². The molecule has 6 heteroatoms. The highest BCUT2D eigenvalue weighted by atomic mass is 35.5. The second-order valence-corrected chi connectivity index (χ2v) is 6.28. The Morgan fingerprint density at radius 2 is 1.86 bits per heavy atom. The molecule has 0 aliphatic heterocycles. The minimum absolute atomic E-state index is 0.293. The summed E-state index contributed by atoms with van der Waals surface area (Å²) in [5.41, 5.74) is 1.11. The maximum atomic E-state index is 6.06. The zero-order chi connectivity index (χ0) is 14.8. The Morgan fingerprint density at radius 1 is 1.10 bits per heavy atom. The summed E-state index contributed by atoms with van der Waals surface area (Å²) in [6.07, 6.45) is 4.28. The molecule has 0 spiro atoms. The lowest BCUT2D eigenvalue weighted by Crippen LogP contribution is -2.14. The quantitative estimate of drug-likeness (QED) is 0.741. The average molecular weight is 347 g/mol. The Bertz CT molecular complexity index is 638. The van der Waals surface area contributed by atoms with Crippen molar-refractivity contribution in [3.63, 3.8) is 0 Å². The lowest BCUT2D eigenvalue weighted by molar-refractivity contribution is 0.270. The lowest BCUT2D eigenvalue weighted by atomic mass is 10.3. The molecule has 0 radical (unpaired) electrons. The van der Waals surface area contributed by atoms with Crippen LogP contribution in [0.15, 0.2) is 28.9 Å². The third kappa shape index (κ3) is 4.07. The van der Waals surface area contributed by atoms with Gasteiger partial charge < -0.3 is 14.5 Å². The van der Waals surface area contributed by atoms with Gasteiger partial charge in [0.15, 0.2) is 0 Å². The summed E-state index contributed by atoms with van der Waals surface area (Å²) in [5.74, 6) is 1.23. The van der Waals surface area contributed by atoms with Crippen LogP contribution in [0.5, 0.6) is 5.75 Å². The van der Waals surface area contributed by atoms with Crippen molar-refractivity contribution in [3.8, 4) is 5.75 Å². The molecule has 0 amide bonds. The molecule has 0 bridgehead atoms. The zero-order valence-corrected chi connectivity index (χ0v) is 13.4. The van der Waals surface area contributed by atoms with Crippen LogP contribution in [0.25, 0.3) is 0 Å². The topological polar surface area (TPSA) is 34.4 Å². The zero-order valence-electron chi connectivity index (χ0n) is 11.2. The van der Waals surface area contributed by atoms with Gasteiger partial charge in [0.25, 0.3) is 0 Å². The summed E-state index contributed by atoms with van der Waals surface area (Å²) in [7, 11) is 0.